The fourth-order valence-corrected chi connectivity index (χ4v) is 5.39. The molecule has 1 aliphatic rings. The molecule has 0 radical (unpaired) electrons. The predicted octanol–water partition coefficient (Wildman–Crippen LogP) is 4.68. The van der Waals surface area contributed by atoms with Crippen LogP contribution in [0.1, 0.15) is 24.2 Å². The Balaban J connectivity index is 1.19. The molecule has 1 amide bonds. The minimum atomic E-state index is 0.0527. The van der Waals surface area contributed by atoms with Crippen LogP contribution < -0.4 is 5.32 Å². The molecule has 8 heteroatoms. The van der Waals surface area contributed by atoms with Gasteiger partial charge in [-0.05, 0) is 45.0 Å². The van der Waals surface area contributed by atoms with Crippen molar-refractivity contribution in [2.24, 2.45) is 5.92 Å². The van der Waals surface area contributed by atoms with Crippen LogP contribution in [0.3, 0.4) is 0 Å². The molecule has 0 unspecified atom stereocenters. The van der Waals surface area contributed by atoms with Gasteiger partial charge in [-0.25, -0.2) is 9.97 Å². The number of aryl methyl sites for hydroxylation is 1. The lowest BCUT2D eigenvalue weighted by Crippen LogP contribution is -2.38. The summed E-state index contributed by atoms with van der Waals surface area (Å²) in [7, 11) is 0. The van der Waals surface area contributed by atoms with E-state index in [0.29, 0.717) is 0 Å². The summed E-state index contributed by atoms with van der Waals surface area (Å²) < 4.78 is 2.19. The van der Waals surface area contributed by atoms with Gasteiger partial charge >= 0.3 is 0 Å². The Morgan fingerprint density at radius 3 is 2.97 bits per heavy atom. The molecular weight excluding hydrogens is 414 g/mol. The number of rotatable bonds is 5. The van der Waals surface area contributed by atoms with Crippen LogP contribution in [0.2, 0.25) is 0 Å². The zero-order valence-corrected chi connectivity index (χ0v) is 18.4. The highest BCUT2D eigenvalue weighted by Crippen LogP contribution is 2.25. The number of nitrogens with zero attached hydrogens (tertiary/aromatic N) is 4. The second-order valence-electron chi connectivity index (χ2n) is 7.69. The van der Waals surface area contributed by atoms with Gasteiger partial charge in [0.05, 0.1) is 22.6 Å². The number of likely N-dealkylation sites (tertiary alicyclic amines) is 1. The van der Waals surface area contributed by atoms with Crippen LogP contribution in [-0.4, -0.2) is 38.3 Å². The number of fused-ring (bicyclic) bond motifs is 1. The lowest BCUT2D eigenvalue weighted by atomic mass is 9.95. The number of carbonyl (C=O) groups excluding carboxylic acids is 1. The maximum absolute atomic E-state index is 12.8. The van der Waals surface area contributed by atoms with Crippen molar-refractivity contribution in [3.63, 3.8) is 0 Å². The van der Waals surface area contributed by atoms with E-state index in [4.69, 9.17) is 0 Å². The van der Waals surface area contributed by atoms with Crippen molar-refractivity contribution in [2.45, 2.75) is 26.3 Å². The van der Waals surface area contributed by atoms with E-state index in [2.05, 4.69) is 43.1 Å². The molecular formula is C22H23N5OS2. The number of anilines is 1. The van der Waals surface area contributed by atoms with Crippen molar-refractivity contribution < 1.29 is 4.79 Å². The molecule has 4 heterocycles. The maximum atomic E-state index is 12.8. The molecule has 0 spiro atoms. The fraction of sp³-hybridized carbons (Fsp3) is 0.318. The number of imidazole rings is 1. The number of aromatic nitrogens is 3. The average Bonchev–Trinajstić information content (AvgIpc) is 3.49. The molecule has 0 atom stereocenters. The number of nitrogens with one attached hydrogen (secondary N) is 1. The lowest BCUT2D eigenvalue weighted by Gasteiger charge is -2.31. The largest absolute Gasteiger partial charge is 0.326 e. The maximum Gasteiger partial charge on any atom is 0.227 e. The Hall–Kier alpha value is -2.55. The summed E-state index contributed by atoms with van der Waals surface area (Å²) >= 11 is 3.24. The molecule has 6 nitrogen and oxygen atoms in total. The molecule has 1 fully saturated rings. The standard InChI is InChI=1S/C22H23N5OS2/c1-15-20(27-9-10-30-22(27)24-15)12-26-7-5-16(6-8-26)21(28)25-18-4-2-3-17(11-18)19-13-29-14-23-19/h2-4,9-11,13-14,16H,5-8,12H2,1H3,(H,25,28). The Bertz CT molecular complexity index is 1160. The topological polar surface area (TPSA) is 62.5 Å². The molecule has 1 saturated heterocycles. The number of hydrogen-bond donors (Lipinski definition) is 1. The van der Waals surface area contributed by atoms with Crippen LogP contribution in [0.4, 0.5) is 5.69 Å². The predicted molar refractivity (Wildman–Crippen MR) is 122 cm³/mol. The highest BCUT2D eigenvalue weighted by atomic mass is 32.1. The second-order valence-corrected chi connectivity index (χ2v) is 9.29. The van der Waals surface area contributed by atoms with Crippen LogP contribution in [0.25, 0.3) is 16.2 Å². The third-order valence-electron chi connectivity index (χ3n) is 5.75. The smallest absolute Gasteiger partial charge is 0.227 e. The van der Waals surface area contributed by atoms with Crippen molar-refractivity contribution in [1.29, 1.82) is 0 Å². The Morgan fingerprint density at radius 1 is 1.30 bits per heavy atom. The molecule has 1 N–H and O–H groups in total. The lowest BCUT2D eigenvalue weighted by molar-refractivity contribution is -0.121. The SMILES string of the molecule is Cc1nc2sccn2c1CN1CCC(C(=O)Nc2cccc(-c3cscn3)c2)CC1. The molecule has 3 aromatic heterocycles. The molecule has 154 valence electrons. The molecule has 0 bridgehead atoms. The summed E-state index contributed by atoms with van der Waals surface area (Å²) in [5, 5.41) is 7.20. The van der Waals surface area contributed by atoms with E-state index in [1.54, 1.807) is 22.7 Å². The van der Waals surface area contributed by atoms with Gasteiger partial charge in [-0.2, -0.15) is 0 Å². The van der Waals surface area contributed by atoms with E-state index < -0.39 is 0 Å². The monoisotopic (exact) mass is 437 g/mol. The second kappa shape index (κ2) is 8.29. The van der Waals surface area contributed by atoms with Crippen molar-refractivity contribution >= 4 is 39.2 Å². The van der Waals surface area contributed by atoms with Crippen LogP contribution >= 0.6 is 22.7 Å². The highest BCUT2D eigenvalue weighted by Gasteiger charge is 2.26. The van der Waals surface area contributed by atoms with E-state index >= 15 is 0 Å². The van der Waals surface area contributed by atoms with E-state index in [9.17, 15) is 4.79 Å². The summed E-state index contributed by atoms with van der Waals surface area (Å²) in [5.41, 5.74) is 6.99. The fourth-order valence-electron chi connectivity index (χ4n) is 4.05. The van der Waals surface area contributed by atoms with E-state index in [1.165, 1.54) is 5.69 Å². The van der Waals surface area contributed by atoms with Gasteiger partial charge in [0, 0.05) is 40.7 Å². The average molecular weight is 438 g/mol. The van der Waals surface area contributed by atoms with Gasteiger partial charge in [0.2, 0.25) is 5.91 Å². The van der Waals surface area contributed by atoms with Gasteiger partial charge in [-0.3, -0.25) is 14.1 Å². The number of hydrogen-bond acceptors (Lipinski definition) is 6. The van der Waals surface area contributed by atoms with Crippen molar-refractivity contribution in [3.8, 4) is 11.3 Å². The molecule has 0 saturated carbocycles. The normalized spacial score (nSPS) is 15.6. The zero-order chi connectivity index (χ0) is 20.5. The van der Waals surface area contributed by atoms with Gasteiger partial charge in [-0.15, -0.1) is 22.7 Å². The molecule has 4 aromatic rings. The molecule has 30 heavy (non-hydrogen) atoms. The first-order valence-electron chi connectivity index (χ1n) is 10.1. The molecule has 1 aliphatic heterocycles. The Kier molecular flexibility index (Phi) is 5.37. The zero-order valence-electron chi connectivity index (χ0n) is 16.7. The first kappa shape index (κ1) is 19.4. The summed E-state index contributed by atoms with van der Waals surface area (Å²) in [5.74, 6) is 0.169. The third kappa shape index (κ3) is 3.90. The Morgan fingerprint density at radius 2 is 2.17 bits per heavy atom. The van der Waals surface area contributed by atoms with Crippen LogP contribution in [0.5, 0.6) is 0 Å². The minimum Gasteiger partial charge on any atom is -0.326 e. The van der Waals surface area contributed by atoms with Crippen LogP contribution in [0.15, 0.2) is 46.7 Å². The number of amides is 1. The van der Waals surface area contributed by atoms with Gasteiger partial charge in [0.25, 0.3) is 0 Å². The number of carbonyl (C=O) groups is 1. The number of benzene rings is 1. The van der Waals surface area contributed by atoms with E-state index in [0.717, 1.165) is 60.1 Å². The molecule has 5 rings (SSSR count). The van der Waals surface area contributed by atoms with Gasteiger partial charge < -0.3 is 5.32 Å². The van der Waals surface area contributed by atoms with Gasteiger partial charge in [-0.1, -0.05) is 12.1 Å². The van der Waals surface area contributed by atoms with E-state index in [1.807, 2.05) is 35.2 Å². The number of thiazole rings is 2. The quantitative estimate of drug-likeness (QED) is 0.492. The third-order valence-corrected chi connectivity index (χ3v) is 7.09. The highest BCUT2D eigenvalue weighted by molar-refractivity contribution is 7.15. The van der Waals surface area contributed by atoms with Crippen molar-refractivity contribution in [3.05, 3.63) is 58.1 Å². The summed E-state index contributed by atoms with van der Waals surface area (Å²) in [6.45, 7) is 4.81. The summed E-state index contributed by atoms with van der Waals surface area (Å²) in [4.78, 5) is 25.3. The van der Waals surface area contributed by atoms with E-state index in [-0.39, 0.29) is 11.8 Å². The van der Waals surface area contributed by atoms with Crippen molar-refractivity contribution in [2.75, 3.05) is 18.4 Å². The van der Waals surface area contributed by atoms with Gasteiger partial charge in [0.1, 0.15) is 0 Å². The van der Waals surface area contributed by atoms with Gasteiger partial charge in [0.15, 0.2) is 4.96 Å². The first-order valence-corrected chi connectivity index (χ1v) is 11.9. The molecule has 1 aromatic carbocycles. The number of piperidine rings is 1. The minimum absolute atomic E-state index is 0.0527. The van der Waals surface area contributed by atoms with Crippen molar-refractivity contribution in [1.82, 2.24) is 19.3 Å². The first-order chi connectivity index (χ1) is 14.7. The summed E-state index contributed by atoms with van der Waals surface area (Å²) in [6.07, 6.45) is 3.85. The summed E-state index contributed by atoms with van der Waals surface area (Å²) in [6, 6.07) is 7.92. The Labute approximate surface area is 183 Å². The van der Waals surface area contributed by atoms with Crippen LogP contribution in [-0.2, 0) is 11.3 Å². The van der Waals surface area contributed by atoms with Crippen LogP contribution in [0, 0.1) is 12.8 Å². The molecule has 0 aliphatic carbocycles.